The SMILES string of the molecule is O=C(c1ccccc1)N1CCN2C[C@@H](c3ccccc3)[C@H](CO)[C@H]2C1. The molecule has 3 atom stereocenters. The summed E-state index contributed by atoms with van der Waals surface area (Å²) in [6.07, 6.45) is 0. The number of benzene rings is 2. The molecule has 0 aromatic heterocycles. The lowest BCUT2D eigenvalue weighted by molar-refractivity contribution is 0.0476. The first-order valence-corrected chi connectivity index (χ1v) is 9.02. The van der Waals surface area contributed by atoms with Crippen molar-refractivity contribution in [1.82, 2.24) is 9.80 Å². The number of rotatable bonds is 3. The molecule has 2 fully saturated rings. The van der Waals surface area contributed by atoms with Crippen molar-refractivity contribution in [3.8, 4) is 0 Å². The van der Waals surface area contributed by atoms with Gasteiger partial charge in [0.05, 0.1) is 0 Å². The molecule has 0 saturated carbocycles. The molecule has 4 heteroatoms. The first-order chi connectivity index (χ1) is 12.3. The van der Waals surface area contributed by atoms with Gasteiger partial charge in [-0.1, -0.05) is 48.5 Å². The van der Waals surface area contributed by atoms with Crippen LogP contribution in [0.3, 0.4) is 0 Å². The summed E-state index contributed by atoms with van der Waals surface area (Å²) in [4.78, 5) is 17.2. The maximum absolute atomic E-state index is 12.8. The highest BCUT2D eigenvalue weighted by Gasteiger charge is 2.45. The number of hydrogen-bond acceptors (Lipinski definition) is 3. The van der Waals surface area contributed by atoms with Crippen molar-refractivity contribution in [2.45, 2.75) is 12.0 Å². The van der Waals surface area contributed by atoms with E-state index in [-0.39, 0.29) is 24.5 Å². The average molecular weight is 336 g/mol. The molecule has 2 heterocycles. The molecule has 2 saturated heterocycles. The van der Waals surface area contributed by atoms with Gasteiger partial charge in [0, 0.05) is 56.2 Å². The zero-order chi connectivity index (χ0) is 17.2. The third-order valence-corrected chi connectivity index (χ3v) is 5.72. The zero-order valence-corrected chi connectivity index (χ0v) is 14.3. The van der Waals surface area contributed by atoms with E-state index in [4.69, 9.17) is 0 Å². The Morgan fingerprint density at radius 3 is 2.32 bits per heavy atom. The van der Waals surface area contributed by atoms with Crippen molar-refractivity contribution >= 4 is 5.91 Å². The lowest BCUT2D eigenvalue weighted by Gasteiger charge is -2.39. The summed E-state index contributed by atoms with van der Waals surface area (Å²) in [5.74, 6) is 0.608. The monoisotopic (exact) mass is 336 g/mol. The predicted octanol–water partition coefficient (Wildman–Crippen LogP) is 2.22. The summed E-state index contributed by atoms with van der Waals surface area (Å²) in [5, 5.41) is 10.0. The minimum atomic E-state index is 0.0973. The quantitative estimate of drug-likeness (QED) is 0.935. The van der Waals surface area contributed by atoms with E-state index in [0.29, 0.717) is 12.5 Å². The van der Waals surface area contributed by atoms with Crippen molar-refractivity contribution < 1.29 is 9.90 Å². The zero-order valence-electron chi connectivity index (χ0n) is 14.3. The summed E-state index contributed by atoms with van der Waals surface area (Å²) in [6, 6.07) is 20.2. The number of piperazine rings is 1. The molecule has 0 spiro atoms. The van der Waals surface area contributed by atoms with Crippen LogP contribution in [0, 0.1) is 5.92 Å². The fourth-order valence-electron chi connectivity index (χ4n) is 4.39. The molecule has 2 aromatic rings. The van der Waals surface area contributed by atoms with Crippen molar-refractivity contribution in [2.75, 3.05) is 32.8 Å². The van der Waals surface area contributed by atoms with Gasteiger partial charge >= 0.3 is 0 Å². The van der Waals surface area contributed by atoms with E-state index in [1.54, 1.807) is 0 Å². The molecule has 1 amide bonds. The number of carbonyl (C=O) groups excluding carboxylic acids is 1. The highest BCUT2D eigenvalue weighted by Crippen LogP contribution is 2.38. The Kier molecular flexibility index (Phi) is 4.55. The number of aliphatic hydroxyl groups excluding tert-OH is 1. The van der Waals surface area contributed by atoms with Crippen molar-refractivity contribution in [3.63, 3.8) is 0 Å². The summed E-state index contributed by atoms with van der Waals surface area (Å²) in [5.41, 5.74) is 2.03. The van der Waals surface area contributed by atoms with Crippen LogP contribution in [-0.4, -0.2) is 59.6 Å². The molecular weight excluding hydrogens is 312 g/mol. The van der Waals surface area contributed by atoms with Crippen molar-refractivity contribution in [1.29, 1.82) is 0 Å². The largest absolute Gasteiger partial charge is 0.396 e. The Bertz CT molecular complexity index is 719. The Hall–Kier alpha value is -2.17. The maximum Gasteiger partial charge on any atom is 0.253 e. The minimum absolute atomic E-state index is 0.0973. The topological polar surface area (TPSA) is 43.8 Å². The predicted molar refractivity (Wildman–Crippen MR) is 97.5 cm³/mol. The number of hydrogen-bond donors (Lipinski definition) is 1. The molecule has 130 valence electrons. The van der Waals surface area contributed by atoms with Crippen LogP contribution in [0.15, 0.2) is 60.7 Å². The second kappa shape index (κ2) is 6.98. The highest BCUT2D eigenvalue weighted by atomic mass is 16.3. The summed E-state index contributed by atoms with van der Waals surface area (Å²) in [7, 11) is 0. The van der Waals surface area contributed by atoms with Crippen LogP contribution in [0.4, 0.5) is 0 Å². The van der Waals surface area contributed by atoms with Gasteiger partial charge in [-0.2, -0.15) is 0 Å². The van der Waals surface area contributed by atoms with Crippen LogP contribution in [0.5, 0.6) is 0 Å². The van der Waals surface area contributed by atoms with Crippen LogP contribution in [-0.2, 0) is 0 Å². The summed E-state index contributed by atoms with van der Waals surface area (Å²) in [6.45, 7) is 3.45. The average Bonchev–Trinajstić information content (AvgIpc) is 3.06. The summed E-state index contributed by atoms with van der Waals surface area (Å²) >= 11 is 0. The normalized spacial score (nSPS) is 26.4. The molecule has 0 bridgehead atoms. The van der Waals surface area contributed by atoms with Gasteiger partial charge in [-0.05, 0) is 17.7 Å². The van der Waals surface area contributed by atoms with Gasteiger partial charge < -0.3 is 10.0 Å². The van der Waals surface area contributed by atoms with Crippen LogP contribution in [0.1, 0.15) is 21.8 Å². The van der Waals surface area contributed by atoms with E-state index in [2.05, 4.69) is 29.2 Å². The molecule has 2 aliphatic heterocycles. The van der Waals surface area contributed by atoms with Crippen molar-refractivity contribution in [2.24, 2.45) is 5.92 Å². The highest BCUT2D eigenvalue weighted by molar-refractivity contribution is 5.94. The molecule has 4 nitrogen and oxygen atoms in total. The van der Waals surface area contributed by atoms with Gasteiger partial charge in [0.25, 0.3) is 5.91 Å². The van der Waals surface area contributed by atoms with Crippen LogP contribution < -0.4 is 0 Å². The van der Waals surface area contributed by atoms with Gasteiger partial charge in [0.15, 0.2) is 0 Å². The third kappa shape index (κ3) is 3.08. The number of nitrogens with zero attached hydrogens (tertiary/aromatic N) is 2. The maximum atomic E-state index is 12.8. The van der Waals surface area contributed by atoms with Crippen LogP contribution >= 0.6 is 0 Å². The Morgan fingerprint density at radius 2 is 1.64 bits per heavy atom. The van der Waals surface area contributed by atoms with E-state index in [9.17, 15) is 9.90 Å². The fraction of sp³-hybridized carbons (Fsp3) is 0.381. The summed E-state index contributed by atoms with van der Waals surface area (Å²) < 4.78 is 0. The number of aliphatic hydroxyl groups is 1. The van der Waals surface area contributed by atoms with E-state index in [0.717, 1.165) is 25.2 Å². The van der Waals surface area contributed by atoms with Gasteiger partial charge in [-0.25, -0.2) is 0 Å². The molecule has 1 N–H and O–H groups in total. The molecule has 2 aliphatic rings. The second-order valence-corrected chi connectivity index (χ2v) is 7.04. The van der Waals surface area contributed by atoms with Gasteiger partial charge in [0.2, 0.25) is 0 Å². The molecule has 0 radical (unpaired) electrons. The standard InChI is InChI=1S/C21H24N2O2/c24-15-19-18(16-7-3-1-4-8-16)13-22-11-12-23(14-20(19)22)21(25)17-9-5-2-6-10-17/h1-10,18-20,24H,11-15H2/t18-,19-,20+/m0/s1. The first-order valence-electron chi connectivity index (χ1n) is 9.02. The van der Waals surface area contributed by atoms with Gasteiger partial charge in [-0.15, -0.1) is 0 Å². The molecular formula is C21H24N2O2. The first kappa shape index (κ1) is 16.3. The fourth-order valence-corrected chi connectivity index (χ4v) is 4.39. The molecule has 0 unspecified atom stereocenters. The minimum Gasteiger partial charge on any atom is -0.396 e. The van der Waals surface area contributed by atoms with Crippen LogP contribution in [0.25, 0.3) is 0 Å². The van der Waals surface area contributed by atoms with E-state index in [1.165, 1.54) is 5.56 Å². The van der Waals surface area contributed by atoms with Crippen LogP contribution in [0.2, 0.25) is 0 Å². The molecule has 25 heavy (non-hydrogen) atoms. The van der Waals surface area contributed by atoms with Gasteiger partial charge in [-0.3, -0.25) is 9.69 Å². The smallest absolute Gasteiger partial charge is 0.253 e. The van der Waals surface area contributed by atoms with E-state index < -0.39 is 0 Å². The lowest BCUT2D eigenvalue weighted by atomic mass is 9.85. The Morgan fingerprint density at radius 1 is 0.960 bits per heavy atom. The third-order valence-electron chi connectivity index (χ3n) is 5.72. The Labute approximate surface area is 148 Å². The number of fused-ring (bicyclic) bond motifs is 1. The molecule has 4 rings (SSSR count). The Balaban J connectivity index is 1.53. The van der Waals surface area contributed by atoms with E-state index in [1.807, 2.05) is 41.3 Å². The number of carbonyl (C=O) groups is 1. The number of amides is 1. The van der Waals surface area contributed by atoms with E-state index >= 15 is 0 Å². The lowest BCUT2D eigenvalue weighted by Crippen LogP contribution is -2.54. The molecule has 2 aromatic carbocycles. The van der Waals surface area contributed by atoms with Crippen molar-refractivity contribution in [3.05, 3.63) is 71.8 Å². The second-order valence-electron chi connectivity index (χ2n) is 7.04. The van der Waals surface area contributed by atoms with Gasteiger partial charge in [0.1, 0.15) is 0 Å². The molecule has 0 aliphatic carbocycles.